The van der Waals surface area contributed by atoms with Gasteiger partial charge in [0, 0.05) is 11.1 Å². The van der Waals surface area contributed by atoms with E-state index in [1.165, 1.54) is 6.33 Å². The molecule has 182 valence electrons. The molecule has 5 rings (SSSR count). The number of carbonyl (C=O) groups excluding carboxylic acids is 1. The van der Waals surface area contributed by atoms with Gasteiger partial charge in [0.1, 0.15) is 17.9 Å². The van der Waals surface area contributed by atoms with Gasteiger partial charge in [-0.2, -0.15) is 14.9 Å². The van der Waals surface area contributed by atoms with E-state index in [4.69, 9.17) is 27.9 Å². The number of aromatic nitrogens is 6. The molecule has 0 bridgehead atoms. The van der Waals surface area contributed by atoms with Crippen LogP contribution < -0.4 is 10.1 Å². The zero-order valence-electron chi connectivity index (χ0n) is 19.7. The molecule has 0 aliphatic rings. The third kappa shape index (κ3) is 4.62. The standard InChI is InChI=1S/C25H21Cl2N7O2/c1-14-4-6-20(15(2)8-14)33-24-18(11-30-33)25(29-13-28-24)34-22(9-16(3)32-34)31-23(35)12-36-21-7-5-17(26)10-19(21)27/h4-11,13H,12H2,1-3H3,(H,31,35). The Morgan fingerprint density at radius 3 is 2.64 bits per heavy atom. The fourth-order valence-corrected chi connectivity index (χ4v) is 4.35. The fraction of sp³-hybridized carbons (Fsp3) is 0.160. The minimum absolute atomic E-state index is 0.255. The Bertz CT molecular complexity index is 1610. The lowest BCUT2D eigenvalue weighted by atomic mass is 10.1. The molecule has 36 heavy (non-hydrogen) atoms. The quantitative estimate of drug-likeness (QED) is 0.327. The molecule has 0 atom stereocenters. The molecule has 1 N–H and O–H groups in total. The second-order valence-corrected chi connectivity index (χ2v) is 9.12. The number of rotatable bonds is 6. The van der Waals surface area contributed by atoms with Crippen LogP contribution in [0.3, 0.4) is 0 Å². The molecular formula is C25H21Cl2N7O2. The highest BCUT2D eigenvalue weighted by atomic mass is 35.5. The Kier molecular flexibility index (Phi) is 6.34. The van der Waals surface area contributed by atoms with Gasteiger partial charge in [-0.1, -0.05) is 40.9 Å². The van der Waals surface area contributed by atoms with Gasteiger partial charge in [-0.25, -0.2) is 14.6 Å². The number of hydrogen-bond acceptors (Lipinski definition) is 6. The molecule has 5 aromatic rings. The summed E-state index contributed by atoms with van der Waals surface area (Å²) >= 11 is 12.0. The van der Waals surface area contributed by atoms with Crippen molar-refractivity contribution < 1.29 is 9.53 Å². The van der Waals surface area contributed by atoms with Crippen molar-refractivity contribution in [1.82, 2.24) is 29.5 Å². The fourth-order valence-electron chi connectivity index (χ4n) is 3.88. The maximum absolute atomic E-state index is 12.7. The highest BCUT2D eigenvalue weighted by molar-refractivity contribution is 6.35. The van der Waals surface area contributed by atoms with Crippen LogP contribution in [0.5, 0.6) is 5.75 Å². The van der Waals surface area contributed by atoms with Crippen LogP contribution in [-0.2, 0) is 4.79 Å². The Hall–Kier alpha value is -3.95. The molecule has 0 radical (unpaired) electrons. The molecule has 0 fully saturated rings. The average molecular weight is 522 g/mol. The van der Waals surface area contributed by atoms with Gasteiger partial charge in [-0.3, -0.25) is 4.79 Å². The van der Waals surface area contributed by atoms with Crippen LogP contribution in [0.4, 0.5) is 5.82 Å². The summed E-state index contributed by atoms with van der Waals surface area (Å²) in [5.41, 5.74) is 4.48. The van der Waals surface area contributed by atoms with Crippen LogP contribution in [-0.4, -0.2) is 42.0 Å². The smallest absolute Gasteiger partial charge is 0.263 e. The lowest BCUT2D eigenvalue weighted by Crippen LogP contribution is -2.22. The number of benzene rings is 2. The first-order chi connectivity index (χ1) is 17.3. The largest absolute Gasteiger partial charge is 0.482 e. The summed E-state index contributed by atoms with van der Waals surface area (Å²) in [5, 5.41) is 13.4. The van der Waals surface area contributed by atoms with Crippen molar-refractivity contribution in [2.45, 2.75) is 20.8 Å². The van der Waals surface area contributed by atoms with Crippen molar-refractivity contribution in [2.75, 3.05) is 11.9 Å². The van der Waals surface area contributed by atoms with Crippen LogP contribution in [0.15, 0.2) is 55.0 Å². The zero-order chi connectivity index (χ0) is 25.4. The van der Waals surface area contributed by atoms with E-state index in [2.05, 4.69) is 31.5 Å². The Labute approximate surface area is 216 Å². The zero-order valence-corrected chi connectivity index (χ0v) is 21.2. The third-order valence-corrected chi connectivity index (χ3v) is 6.01. The van der Waals surface area contributed by atoms with Gasteiger partial charge in [-0.15, -0.1) is 0 Å². The first-order valence-electron chi connectivity index (χ1n) is 11.0. The summed E-state index contributed by atoms with van der Waals surface area (Å²) in [4.78, 5) is 21.6. The van der Waals surface area contributed by atoms with Gasteiger partial charge in [0.05, 0.1) is 28.0 Å². The van der Waals surface area contributed by atoms with Gasteiger partial charge in [0.2, 0.25) is 0 Å². The van der Waals surface area contributed by atoms with Gasteiger partial charge in [-0.05, 0) is 50.6 Å². The van der Waals surface area contributed by atoms with E-state index < -0.39 is 5.91 Å². The number of anilines is 1. The lowest BCUT2D eigenvalue weighted by Gasteiger charge is -2.11. The molecule has 11 heteroatoms. The van der Waals surface area contributed by atoms with E-state index in [0.717, 1.165) is 16.8 Å². The predicted molar refractivity (Wildman–Crippen MR) is 139 cm³/mol. The van der Waals surface area contributed by atoms with E-state index in [1.54, 1.807) is 39.8 Å². The number of aryl methyl sites for hydroxylation is 3. The predicted octanol–water partition coefficient (Wildman–Crippen LogP) is 5.25. The number of halogens is 2. The SMILES string of the molecule is Cc1ccc(-n2ncc3c(-n4nc(C)cc4NC(=O)COc4ccc(Cl)cc4Cl)ncnc32)c(C)c1. The molecule has 1 amide bonds. The van der Waals surface area contributed by atoms with Crippen LogP contribution in [0.1, 0.15) is 16.8 Å². The average Bonchev–Trinajstić information content (AvgIpc) is 3.41. The molecule has 0 aliphatic heterocycles. The maximum atomic E-state index is 12.7. The number of carbonyl (C=O) groups is 1. The molecule has 0 spiro atoms. The van der Waals surface area contributed by atoms with Crippen LogP contribution in [0, 0.1) is 20.8 Å². The number of ether oxygens (including phenoxy) is 1. The second kappa shape index (κ2) is 9.60. The van der Waals surface area contributed by atoms with E-state index in [0.29, 0.717) is 44.2 Å². The molecular weight excluding hydrogens is 501 g/mol. The number of hydrogen-bond donors (Lipinski definition) is 1. The first-order valence-corrected chi connectivity index (χ1v) is 11.8. The number of nitrogens with one attached hydrogen (secondary N) is 1. The van der Waals surface area contributed by atoms with Crippen molar-refractivity contribution in [1.29, 1.82) is 0 Å². The molecule has 0 saturated heterocycles. The van der Waals surface area contributed by atoms with Crippen LogP contribution in [0.2, 0.25) is 10.0 Å². The Morgan fingerprint density at radius 1 is 1.03 bits per heavy atom. The lowest BCUT2D eigenvalue weighted by molar-refractivity contribution is -0.118. The Balaban J connectivity index is 1.44. The van der Waals surface area contributed by atoms with E-state index in [1.807, 2.05) is 32.9 Å². The Morgan fingerprint density at radius 2 is 1.86 bits per heavy atom. The summed E-state index contributed by atoms with van der Waals surface area (Å²) in [7, 11) is 0. The normalized spacial score (nSPS) is 11.1. The molecule has 0 unspecified atom stereocenters. The van der Waals surface area contributed by atoms with E-state index in [9.17, 15) is 4.79 Å². The van der Waals surface area contributed by atoms with Crippen molar-refractivity contribution in [3.63, 3.8) is 0 Å². The molecule has 3 aromatic heterocycles. The van der Waals surface area contributed by atoms with E-state index in [-0.39, 0.29) is 6.61 Å². The monoisotopic (exact) mass is 521 g/mol. The maximum Gasteiger partial charge on any atom is 0.263 e. The molecule has 3 heterocycles. The van der Waals surface area contributed by atoms with Crippen LogP contribution >= 0.6 is 23.2 Å². The summed E-state index contributed by atoms with van der Waals surface area (Å²) in [6.07, 6.45) is 3.14. The van der Waals surface area contributed by atoms with Gasteiger partial charge < -0.3 is 10.1 Å². The van der Waals surface area contributed by atoms with Crippen molar-refractivity contribution in [3.8, 4) is 17.3 Å². The van der Waals surface area contributed by atoms with Crippen molar-refractivity contribution in [3.05, 3.63) is 81.9 Å². The van der Waals surface area contributed by atoms with Crippen LogP contribution in [0.25, 0.3) is 22.5 Å². The summed E-state index contributed by atoms with van der Waals surface area (Å²) in [6, 6.07) is 12.7. The first kappa shape index (κ1) is 23.8. The number of nitrogens with zero attached hydrogens (tertiary/aromatic N) is 6. The molecule has 0 aliphatic carbocycles. The molecule has 2 aromatic carbocycles. The summed E-state index contributed by atoms with van der Waals surface area (Å²) in [6.45, 7) is 5.65. The highest BCUT2D eigenvalue weighted by Crippen LogP contribution is 2.28. The van der Waals surface area contributed by atoms with Gasteiger partial charge in [0.25, 0.3) is 5.91 Å². The summed E-state index contributed by atoms with van der Waals surface area (Å²) in [5.74, 6) is 0.888. The van der Waals surface area contributed by atoms with E-state index >= 15 is 0 Å². The molecule has 9 nitrogen and oxygen atoms in total. The number of amides is 1. The topological polar surface area (TPSA) is 99.8 Å². The van der Waals surface area contributed by atoms with Crippen molar-refractivity contribution in [2.24, 2.45) is 0 Å². The third-order valence-electron chi connectivity index (χ3n) is 5.48. The van der Waals surface area contributed by atoms with Crippen molar-refractivity contribution >= 4 is 46.0 Å². The highest BCUT2D eigenvalue weighted by Gasteiger charge is 2.18. The molecule has 0 saturated carbocycles. The van der Waals surface area contributed by atoms with Gasteiger partial charge >= 0.3 is 0 Å². The minimum atomic E-state index is -0.390. The second-order valence-electron chi connectivity index (χ2n) is 8.28. The minimum Gasteiger partial charge on any atom is -0.482 e. The number of fused-ring (bicyclic) bond motifs is 1. The van der Waals surface area contributed by atoms with Gasteiger partial charge in [0.15, 0.2) is 18.1 Å². The summed E-state index contributed by atoms with van der Waals surface area (Å²) < 4.78 is 8.88.